The van der Waals surface area contributed by atoms with Crippen LogP contribution in [-0.2, 0) is 11.3 Å². The van der Waals surface area contributed by atoms with Crippen molar-refractivity contribution in [3.8, 4) is 6.07 Å². The maximum absolute atomic E-state index is 12.5. The summed E-state index contributed by atoms with van der Waals surface area (Å²) in [6, 6.07) is 14.4. The number of para-hydroxylation sites is 1. The molecule has 0 spiro atoms. The lowest BCUT2D eigenvalue weighted by Gasteiger charge is -2.45. The third kappa shape index (κ3) is 3.33. The summed E-state index contributed by atoms with van der Waals surface area (Å²) in [7, 11) is 0. The number of aromatic nitrogens is 1. The van der Waals surface area contributed by atoms with Crippen molar-refractivity contribution in [2.24, 2.45) is 11.8 Å². The summed E-state index contributed by atoms with van der Waals surface area (Å²) < 4.78 is 0. The van der Waals surface area contributed by atoms with Gasteiger partial charge in [-0.05, 0) is 48.4 Å². The van der Waals surface area contributed by atoms with Gasteiger partial charge in [-0.3, -0.25) is 9.78 Å². The van der Waals surface area contributed by atoms with Gasteiger partial charge in [0.05, 0.1) is 11.3 Å². The number of carbonyl (C=O) groups is 1. The monoisotopic (exact) mass is 360 g/mol. The number of nitrogens with one attached hydrogen (secondary N) is 1. The molecule has 0 saturated heterocycles. The minimum Gasteiger partial charge on any atom is -0.309 e. The second-order valence-electron chi connectivity index (χ2n) is 7.64. The molecule has 138 valence electrons. The van der Waals surface area contributed by atoms with E-state index in [2.05, 4.69) is 35.4 Å². The highest BCUT2D eigenvalue weighted by molar-refractivity contribution is 5.94. The fraction of sp³-hybridized carbons (Fsp3) is 0.409. The predicted molar refractivity (Wildman–Crippen MR) is 104 cm³/mol. The zero-order valence-electron chi connectivity index (χ0n) is 15.7. The van der Waals surface area contributed by atoms with Gasteiger partial charge in [0.2, 0.25) is 5.91 Å². The van der Waals surface area contributed by atoms with Crippen LogP contribution >= 0.6 is 0 Å². The first kappa shape index (κ1) is 17.7. The lowest BCUT2D eigenvalue weighted by molar-refractivity contribution is -0.117. The molecule has 4 rings (SSSR count). The number of nitriles is 1. The van der Waals surface area contributed by atoms with E-state index in [-0.39, 0.29) is 18.0 Å². The fourth-order valence-corrected chi connectivity index (χ4v) is 4.41. The summed E-state index contributed by atoms with van der Waals surface area (Å²) >= 11 is 0. The molecule has 2 aliphatic rings. The Labute approximate surface area is 160 Å². The first-order valence-corrected chi connectivity index (χ1v) is 9.57. The Bertz CT molecular complexity index is 882. The largest absolute Gasteiger partial charge is 0.309 e. The van der Waals surface area contributed by atoms with Crippen LogP contribution in [0.1, 0.15) is 49.6 Å². The Balaban J connectivity index is 1.63. The van der Waals surface area contributed by atoms with Crippen LogP contribution in [0.4, 0.5) is 5.69 Å². The number of hydrogen-bond donors (Lipinski definition) is 1. The molecule has 1 saturated carbocycles. The molecule has 1 aromatic heterocycles. The van der Waals surface area contributed by atoms with E-state index in [1.54, 1.807) is 19.2 Å². The van der Waals surface area contributed by atoms with Gasteiger partial charge in [-0.2, -0.15) is 5.26 Å². The lowest BCUT2D eigenvalue weighted by atomic mass is 9.80. The number of rotatable bonds is 4. The Hall–Kier alpha value is -2.71. The summed E-state index contributed by atoms with van der Waals surface area (Å²) in [6.45, 7) is 4.55. The van der Waals surface area contributed by atoms with E-state index in [9.17, 15) is 4.79 Å². The maximum Gasteiger partial charge on any atom is 0.224 e. The molecular weight excluding hydrogens is 336 g/mol. The molecule has 1 aromatic carbocycles. The third-order valence-corrected chi connectivity index (χ3v) is 5.80. The third-order valence-electron chi connectivity index (χ3n) is 5.80. The molecular formula is C22H24N4O. The first-order valence-electron chi connectivity index (χ1n) is 9.57. The lowest BCUT2D eigenvalue weighted by Crippen LogP contribution is -2.52. The Kier molecular flexibility index (Phi) is 4.67. The van der Waals surface area contributed by atoms with Crippen molar-refractivity contribution < 1.29 is 4.79 Å². The van der Waals surface area contributed by atoms with Gasteiger partial charge in [-0.1, -0.05) is 25.1 Å². The Morgan fingerprint density at radius 2 is 2.07 bits per heavy atom. The average molecular weight is 360 g/mol. The molecule has 1 aliphatic heterocycles. The number of pyridine rings is 1. The van der Waals surface area contributed by atoms with E-state index < -0.39 is 0 Å². The fourth-order valence-electron chi connectivity index (χ4n) is 4.41. The van der Waals surface area contributed by atoms with E-state index in [1.165, 1.54) is 18.4 Å². The number of nitrogens with zero attached hydrogens (tertiary/aromatic N) is 3. The van der Waals surface area contributed by atoms with Crippen molar-refractivity contribution in [2.75, 3.05) is 4.90 Å². The molecule has 5 heteroatoms. The zero-order valence-corrected chi connectivity index (χ0v) is 15.7. The van der Waals surface area contributed by atoms with E-state index >= 15 is 0 Å². The number of carbonyl (C=O) groups excluding carboxylic acids is 1. The van der Waals surface area contributed by atoms with Gasteiger partial charge >= 0.3 is 0 Å². The van der Waals surface area contributed by atoms with Crippen molar-refractivity contribution in [1.29, 1.82) is 5.26 Å². The highest BCUT2D eigenvalue weighted by Gasteiger charge is 2.47. The Morgan fingerprint density at radius 3 is 2.70 bits per heavy atom. The zero-order chi connectivity index (χ0) is 19.0. The summed E-state index contributed by atoms with van der Waals surface area (Å²) in [4.78, 5) is 18.9. The van der Waals surface area contributed by atoms with E-state index in [0.29, 0.717) is 23.9 Å². The minimum atomic E-state index is 0.124. The summed E-state index contributed by atoms with van der Waals surface area (Å²) in [6.07, 6.45) is 4.01. The normalized spacial score (nSPS) is 24.2. The van der Waals surface area contributed by atoms with Crippen molar-refractivity contribution >= 4 is 11.6 Å². The van der Waals surface area contributed by atoms with Crippen molar-refractivity contribution in [3.05, 3.63) is 59.4 Å². The van der Waals surface area contributed by atoms with E-state index in [0.717, 1.165) is 11.4 Å². The molecule has 0 bridgehead atoms. The number of fused-ring (bicyclic) bond motifs is 1. The van der Waals surface area contributed by atoms with Crippen LogP contribution in [0.5, 0.6) is 0 Å². The molecule has 3 atom stereocenters. The number of hydrogen-bond acceptors (Lipinski definition) is 4. The minimum absolute atomic E-state index is 0.124. The van der Waals surface area contributed by atoms with E-state index in [4.69, 9.17) is 5.26 Å². The van der Waals surface area contributed by atoms with Crippen molar-refractivity contribution in [3.63, 3.8) is 0 Å². The van der Waals surface area contributed by atoms with Crippen molar-refractivity contribution in [1.82, 2.24) is 10.3 Å². The average Bonchev–Trinajstić information content (AvgIpc) is 3.51. The smallest absolute Gasteiger partial charge is 0.224 e. The molecule has 2 heterocycles. The molecule has 5 nitrogen and oxygen atoms in total. The second-order valence-corrected chi connectivity index (χ2v) is 7.64. The van der Waals surface area contributed by atoms with Crippen LogP contribution in [0, 0.1) is 23.2 Å². The number of amides is 1. The molecule has 2 aromatic rings. The second kappa shape index (κ2) is 7.13. The van der Waals surface area contributed by atoms with Gasteiger partial charge in [-0.15, -0.1) is 0 Å². The Morgan fingerprint density at radius 1 is 1.30 bits per heavy atom. The molecule has 1 amide bonds. The number of anilines is 1. The quantitative estimate of drug-likeness (QED) is 0.905. The van der Waals surface area contributed by atoms with Crippen LogP contribution in [0.3, 0.4) is 0 Å². The first-order chi connectivity index (χ1) is 13.1. The summed E-state index contributed by atoms with van der Waals surface area (Å²) in [5.41, 5.74) is 3.69. The van der Waals surface area contributed by atoms with Crippen LogP contribution in [-0.4, -0.2) is 16.9 Å². The molecule has 1 N–H and O–H groups in total. The topological polar surface area (TPSA) is 69.0 Å². The van der Waals surface area contributed by atoms with Crippen LogP contribution in [0.25, 0.3) is 0 Å². The van der Waals surface area contributed by atoms with E-state index in [1.807, 2.05) is 23.1 Å². The van der Waals surface area contributed by atoms with Crippen LogP contribution in [0.2, 0.25) is 0 Å². The molecule has 1 aliphatic carbocycles. The standard InChI is InChI=1S/C22H24N4O/c1-14-21(25-13-18-10-7-16(11-23)12-24-18)19-5-3-4-6-20(19)26(15(2)27)22(14)17-8-9-17/h3-7,10,12,14,17,21-22,25H,8-9,13H2,1-2H3/t14-,21-,22+/m1/s1. The highest BCUT2D eigenvalue weighted by Crippen LogP contribution is 2.49. The number of benzene rings is 1. The van der Waals surface area contributed by atoms with Gasteiger partial charge in [0, 0.05) is 37.4 Å². The SMILES string of the molecule is CC(=O)N1c2ccccc2[C@H](NCc2ccc(C#N)cn2)[C@@H](C)[C@H]1C1CC1. The molecule has 27 heavy (non-hydrogen) atoms. The van der Waals surface area contributed by atoms with Crippen molar-refractivity contribution in [2.45, 2.75) is 45.3 Å². The van der Waals surface area contributed by atoms with Gasteiger partial charge in [0.25, 0.3) is 0 Å². The predicted octanol–water partition coefficient (Wildman–Crippen LogP) is 3.57. The summed E-state index contributed by atoms with van der Waals surface area (Å²) in [5.74, 6) is 1.03. The maximum atomic E-state index is 12.5. The van der Waals surface area contributed by atoms with Crippen LogP contribution in [0.15, 0.2) is 42.6 Å². The van der Waals surface area contributed by atoms with Gasteiger partial charge in [0.15, 0.2) is 0 Å². The van der Waals surface area contributed by atoms with Crippen LogP contribution < -0.4 is 10.2 Å². The van der Waals surface area contributed by atoms with Gasteiger partial charge in [0.1, 0.15) is 6.07 Å². The highest BCUT2D eigenvalue weighted by atomic mass is 16.2. The molecule has 0 unspecified atom stereocenters. The molecule has 1 fully saturated rings. The molecule has 0 radical (unpaired) electrons. The van der Waals surface area contributed by atoms with Gasteiger partial charge < -0.3 is 10.2 Å². The van der Waals surface area contributed by atoms with Gasteiger partial charge in [-0.25, -0.2) is 0 Å². The summed E-state index contributed by atoms with van der Waals surface area (Å²) in [5, 5.41) is 12.6.